The minimum Gasteiger partial charge on any atom is -0.497 e. The highest BCUT2D eigenvalue weighted by Crippen LogP contribution is 2.15. The number of carbonyl (C=O) groups is 2. The van der Waals surface area contributed by atoms with Crippen LogP contribution in [0.1, 0.15) is 30.9 Å². The van der Waals surface area contributed by atoms with Gasteiger partial charge in [-0.2, -0.15) is 0 Å². The van der Waals surface area contributed by atoms with Crippen molar-refractivity contribution in [2.75, 3.05) is 17.6 Å². The second-order valence-electron chi connectivity index (χ2n) is 8.00. The van der Waals surface area contributed by atoms with Crippen LogP contribution in [0.2, 0.25) is 0 Å². The molecule has 2 aromatic carbocycles. The number of rotatable bonds is 10. The average Bonchev–Trinajstić information content (AvgIpc) is 2.86. The fourth-order valence-electron chi connectivity index (χ4n) is 3.28. The van der Waals surface area contributed by atoms with Gasteiger partial charge in [-0.05, 0) is 61.2 Å². The molecule has 1 aliphatic rings. The molecule has 1 heterocycles. The first-order chi connectivity index (χ1) is 17.3. The molecule has 2 aromatic rings. The van der Waals surface area contributed by atoms with Crippen molar-refractivity contribution >= 4 is 33.7 Å². The summed E-state index contributed by atoms with van der Waals surface area (Å²) in [6.07, 6.45) is 6.14. The van der Waals surface area contributed by atoms with Crippen molar-refractivity contribution in [1.29, 1.82) is 0 Å². The summed E-state index contributed by atoms with van der Waals surface area (Å²) in [4.78, 5) is 29.8. The van der Waals surface area contributed by atoms with Crippen molar-refractivity contribution in [2.24, 2.45) is 4.99 Å². The van der Waals surface area contributed by atoms with Crippen LogP contribution in [0, 0.1) is 0 Å². The lowest BCUT2D eigenvalue weighted by Gasteiger charge is -2.11. The number of aliphatic imine (C=N–C) groups is 1. The summed E-state index contributed by atoms with van der Waals surface area (Å²) in [5.41, 5.74) is 2.63. The standard InChI is InChI=1S/C26H30N4O5S/c1-3-36(33,34)30-22-12-10-19(11-13-22)17-28-25(31)21-8-4-5-14-27-24(16-21)26(32)29-18-20-7-6-9-23(15-20)35-2/h6-16,30H,3-5,17-18H2,1-2H3,(H,28,31)(H,29,32)/b21-8+,24-16-,27-14?. The van der Waals surface area contributed by atoms with E-state index in [1.165, 1.54) is 6.08 Å². The first-order valence-electron chi connectivity index (χ1n) is 11.5. The molecule has 0 aliphatic carbocycles. The molecule has 0 bridgehead atoms. The Balaban J connectivity index is 1.61. The van der Waals surface area contributed by atoms with Gasteiger partial charge in [0.05, 0.1) is 12.9 Å². The van der Waals surface area contributed by atoms with Crippen molar-refractivity contribution < 1.29 is 22.7 Å². The number of nitrogens with one attached hydrogen (secondary N) is 3. The minimum absolute atomic E-state index is 0.0154. The number of benzene rings is 2. The molecule has 0 saturated heterocycles. The lowest BCUT2D eigenvalue weighted by atomic mass is 10.1. The molecule has 0 fully saturated rings. The molecule has 1 aliphatic heterocycles. The van der Waals surface area contributed by atoms with E-state index in [1.807, 2.05) is 24.3 Å². The number of sulfonamides is 1. The normalized spacial score (nSPS) is 16.4. The third kappa shape index (κ3) is 8.09. The summed E-state index contributed by atoms with van der Waals surface area (Å²) < 4.78 is 31.1. The Morgan fingerprint density at radius 3 is 2.42 bits per heavy atom. The number of carbonyl (C=O) groups excluding carboxylic acids is 2. The van der Waals surface area contributed by atoms with Gasteiger partial charge in [0.15, 0.2) is 0 Å². The summed E-state index contributed by atoms with van der Waals surface area (Å²) in [6.45, 7) is 2.09. The number of hydrogen-bond acceptors (Lipinski definition) is 6. The van der Waals surface area contributed by atoms with Gasteiger partial charge >= 0.3 is 0 Å². The van der Waals surface area contributed by atoms with Crippen LogP contribution in [0.4, 0.5) is 5.69 Å². The minimum atomic E-state index is -3.35. The quantitative estimate of drug-likeness (QED) is 0.453. The molecular formula is C26H30N4O5S. The van der Waals surface area contributed by atoms with Crippen LogP contribution in [0.3, 0.4) is 0 Å². The maximum atomic E-state index is 12.8. The van der Waals surface area contributed by atoms with Crippen LogP contribution in [0.25, 0.3) is 0 Å². The molecule has 3 rings (SSSR count). The fraction of sp³-hybridized carbons (Fsp3) is 0.269. The Kier molecular flexibility index (Phi) is 9.40. The van der Waals surface area contributed by atoms with Crippen LogP contribution in [0.5, 0.6) is 5.75 Å². The summed E-state index contributed by atoms with van der Waals surface area (Å²) >= 11 is 0. The Morgan fingerprint density at radius 2 is 1.69 bits per heavy atom. The lowest BCUT2D eigenvalue weighted by molar-refractivity contribution is -0.117. The van der Waals surface area contributed by atoms with Crippen LogP contribution in [-0.2, 0) is 32.7 Å². The maximum Gasteiger partial charge on any atom is 0.270 e. The number of allylic oxidation sites excluding steroid dienone is 1. The molecular weight excluding hydrogens is 480 g/mol. The number of hydrogen-bond donors (Lipinski definition) is 3. The van der Waals surface area contributed by atoms with E-state index >= 15 is 0 Å². The van der Waals surface area contributed by atoms with Crippen molar-refractivity contribution in [2.45, 2.75) is 32.9 Å². The van der Waals surface area contributed by atoms with E-state index in [9.17, 15) is 18.0 Å². The average molecular weight is 511 g/mol. The van der Waals surface area contributed by atoms with E-state index < -0.39 is 10.0 Å². The Bertz CT molecular complexity index is 1280. The smallest absolute Gasteiger partial charge is 0.270 e. The predicted molar refractivity (Wildman–Crippen MR) is 140 cm³/mol. The third-order valence-electron chi connectivity index (χ3n) is 5.33. The molecule has 36 heavy (non-hydrogen) atoms. The zero-order chi connectivity index (χ0) is 26.0. The third-order valence-corrected chi connectivity index (χ3v) is 6.63. The summed E-state index contributed by atoms with van der Waals surface area (Å²) in [7, 11) is -1.77. The topological polar surface area (TPSA) is 126 Å². The van der Waals surface area contributed by atoms with Crippen LogP contribution >= 0.6 is 0 Å². The van der Waals surface area contributed by atoms with Crippen molar-refractivity contribution in [3.63, 3.8) is 0 Å². The molecule has 0 aromatic heterocycles. The Hall–Kier alpha value is -3.92. The number of methoxy groups -OCH3 is 1. The van der Waals surface area contributed by atoms with E-state index in [1.54, 1.807) is 50.6 Å². The molecule has 0 radical (unpaired) electrons. The van der Waals surface area contributed by atoms with Crippen LogP contribution < -0.4 is 20.1 Å². The van der Waals surface area contributed by atoms with Gasteiger partial charge in [-0.1, -0.05) is 30.3 Å². The summed E-state index contributed by atoms with van der Waals surface area (Å²) in [6, 6.07) is 14.1. The van der Waals surface area contributed by atoms with E-state index in [0.29, 0.717) is 36.4 Å². The SMILES string of the molecule is CCS(=O)(=O)Nc1ccc(CNC(=O)C2=C/CCC=N/C(C(=O)NCc3cccc(OC)c3)=C\2)cc1. The highest BCUT2D eigenvalue weighted by atomic mass is 32.2. The molecule has 0 spiro atoms. The van der Waals surface area contributed by atoms with Crippen molar-refractivity contribution in [1.82, 2.24) is 10.6 Å². The fourth-order valence-corrected chi connectivity index (χ4v) is 3.92. The summed E-state index contributed by atoms with van der Waals surface area (Å²) in [5, 5.41) is 5.66. The van der Waals surface area contributed by atoms with Crippen molar-refractivity contribution in [3.8, 4) is 5.75 Å². The van der Waals surface area contributed by atoms with Gasteiger partial charge in [0.25, 0.3) is 11.8 Å². The highest BCUT2D eigenvalue weighted by Gasteiger charge is 2.15. The van der Waals surface area contributed by atoms with Gasteiger partial charge in [-0.3, -0.25) is 19.3 Å². The van der Waals surface area contributed by atoms with E-state index in [4.69, 9.17) is 4.74 Å². The van der Waals surface area contributed by atoms with Gasteiger partial charge < -0.3 is 15.4 Å². The van der Waals surface area contributed by atoms with E-state index in [0.717, 1.165) is 11.1 Å². The molecule has 0 unspecified atom stereocenters. The molecule has 190 valence electrons. The molecule has 0 saturated carbocycles. The van der Waals surface area contributed by atoms with E-state index in [-0.39, 0.29) is 29.8 Å². The molecule has 0 atom stereocenters. The van der Waals surface area contributed by atoms with Gasteiger partial charge in [0.2, 0.25) is 10.0 Å². The molecule has 2 amide bonds. The van der Waals surface area contributed by atoms with Crippen molar-refractivity contribution in [3.05, 3.63) is 83.1 Å². The maximum absolute atomic E-state index is 12.8. The van der Waals surface area contributed by atoms with Gasteiger partial charge in [0, 0.05) is 30.6 Å². The second kappa shape index (κ2) is 12.7. The number of ether oxygens (including phenoxy) is 1. The first-order valence-corrected chi connectivity index (χ1v) is 13.2. The number of amides is 2. The molecule has 10 heteroatoms. The first kappa shape index (κ1) is 26.7. The largest absolute Gasteiger partial charge is 0.497 e. The van der Waals surface area contributed by atoms with Crippen LogP contribution in [-0.4, -0.2) is 39.3 Å². The Labute approximate surface area is 211 Å². The number of anilines is 1. The Morgan fingerprint density at radius 1 is 0.972 bits per heavy atom. The zero-order valence-electron chi connectivity index (χ0n) is 20.3. The predicted octanol–water partition coefficient (Wildman–Crippen LogP) is 3.06. The zero-order valence-corrected chi connectivity index (χ0v) is 21.1. The van der Waals surface area contributed by atoms with Crippen LogP contribution in [0.15, 0.2) is 76.9 Å². The second-order valence-corrected chi connectivity index (χ2v) is 10.0. The van der Waals surface area contributed by atoms with Gasteiger partial charge in [-0.25, -0.2) is 8.42 Å². The highest BCUT2D eigenvalue weighted by molar-refractivity contribution is 7.92. The molecule has 9 nitrogen and oxygen atoms in total. The summed E-state index contributed by atoms with van der Waals surface area (Å²) in [5.74, 6) is -0.0390. The number of nitrogens with zero attached hydrogens (tertiary/aromatic N) is 1. The van der Waals surface area contributed by atoms with Gasteiger partial charge in [-0.15, -0.1) is 0 Å². The van der Waals surface area contributed by atoms with E-state index in [2.05, 4.69) is 20.3 Å². The van der Waals surface area contributed by atoms with Gasteiger partial charge in [0.1, 0.15) is 11.4 Å². The lowest BCUT2D eigenvalue weighted by Crippen LogP contribution is -2.27. The molecule has 3 N–H and O–H groups in total. The monoisotopic (exact) mass is 510 g/mol.